The minimum atomic E-state index is -0.748. The van der Waals surface area contributed by atoms with Crippen molar-refractivity contribution in [1.29, 1.82) is 0 Å². The van der Waals surface area contributed by atoms with Crippen LogP contribution in [0.5, 0.6) is 0 Å². The predicted molar refractivity (Wildman–Crippen MR) is 75.4 cm³/mol. The number of aryl methyl sites for hydroxylation is 3. The first kappa shape index (κ1) is 14.2. The van der Waals surface area contributed by atoms with Gasteiger partial charge in [-0.15, -0.1) is 0 Å². The molecule has 19 heavy (non-hydrogen) atoms. The van der Waals surface area contributed by atoms with Gasteiger partial charge < -0.3 is 5.11 Å². The number of benzene rings is 1. The lowest BCUT2D eigenvalue weighted by Crippen LogP contribution is -2.08. The van der Waals surface area contributed by atoms with E-state index in [1.54, 1.807) is 10.7 Å². The Balaban J connectivity index is 2.30. The number of aromatic nitrogens is 2. The zero-order valence-corrected chi connectivity index (χ0v) is 12.7. The predicted octanol–water partition coefficient (Wildman–Crippen LogP) is 3.21. The number of rotatable bonds is 3. The van der Waals surface area contributed by atoms with Crippen molar-refractivity contribution in [3.8, 4) is 0 Å². The fourth-order valence-electron chi connectivity index (χ4n) is 2.17. The molecule has 5 heteroatoms. The molecule has 0 aliphatic rings. The summed E-state index contributed by atoms with van der Waals surface area (Å²) in [6.45, 7) is 3.76. The number of halogens is 2. The van der Waals surface area contributed by atoms with Crippen LogP contribution in [0, 0.1) is 19.7 Å². The first-order valence-electron chi connectivity index (χ1n) is 6.02. The number of aliphatic hydroxyl groups excluding tert-OH is 1. The number of aliphatic hydroxyl groups is 1. The smallest absolute Gasteiger partial charge is 0.123 e. The van der Waals surface area contributed by atoms with Gasteiger partial charge in [0.05, 0.1) is 22.0 Å². The molecule has 1 aromatic heterocycles. The molecule has 0 bridgehead atoms. The third-order valence-corrected chi connectivity index (χ3v) is 4.28. The van der Waals surface area contributed by atoms with Gasteiger partial charge in [-0.2, -0.15) is 5.10 Å². The Morgan fingerprint density at radius 1 is 1.42 bits per heavy atom. The van der Waals surface area contributed by atoms with Crippen LogP contribution in [0.25, 0.3) is 0 Å². The van der Waals surface area contributed by atoms with Crippen molar-refractivity contribution < 1.29 is 9.50 Å². The molecule has 102 valence electrons. The Bertz CT molecular complexity index is 610. The molecule has 1 N–H and O–H groups in total. The van der Waals surface area contributed by atoms with Crippen LogP contribution in [0.3, 0.4) is 0 Å². The highest BCUT2D eigenvalue weighted by molar-refractivity contribution is 9.10. The highest BCUT2D eigenvalue weighted by Crippen LogP contribution is 2.27. The Hall–Kier alpha value is -1.20. The van der Waals surface area contributed by atoms with Gasteiger partial charge in [0.2, 0.25) is 0 Å². The van der Waals surface area contributed by atoms with E-state index in [1.165, 1.54) is 12.1 Å². The maximum absolute atomic E-state index is 13.3. The summed E-state index contributed by atoms with van der Waals surface area (Å²) < 4.78 is 15.9. The summed E-state index contributed by atoms with van der Waals surface area (Å²) in [4.78, 5) is 0. The van der Waals surface area contributed by atoms with Crippen LogP contribution in [0.4, 0.5) is 4.39 Å². The standard InChI is InChI=1S/C14H16BrFN2O/c1-8-4-5-10(16)6-11(8)13(19)7-12-14(15)9(2)17-18(12)3/h4-6,13,19H,7H2,1-3H3. The Labute approximate surface area is 120 Å². The molecule has 0 saturated carbocycles. The molecule has 1 atom stereocenters. The van der Waals surface area contributed by atoms with E-state index in [1.807, 2.05) is 20.9 Å². The number of hydrogen-bond donors (Lipinski definition) is 1. The summed E-state index contributed by atoms with van der Waals surface area (Å²) >= 11 is 3.47. The minimum Gasteiger partial charge on any atom is -0.388 e. The van der Waals surface area contributed by atoms with Crippen LogP contribution in [0.15, 0.2) is 22.7 Å². The molecular weight excluding hydrogens is 311 g/mol. The molecule has 0 aliphatic carbocycles. The van der Waals surface area contributed by atoms with E-state index in [4.69, 9.17) is 0 Å². The van der Waals surface area contributed by atoms with Crippen molar-refractivity contribution in [2.45, 2.75) is 26.4 Å². The molecule has 2 rings (SSSR count). The highest BCUT2D eigenvalue weighted by atomic mass is 79.9. The van der Waals surface area contributed by atoms with Gasteiger partial charge in [0.1, 0.15) is 5.82 Å². The maximum Gasteiger partial charge on any atom is 0.123 e. The van der Waals surface area contributed by atoms with Crippen LogP contribution >= 0.6 is 15.9 Å². The topological polar surface area (TPSA) is 38.1 Å². The van der Waals surface area contributed by atoms with Gasteiger partial charge in [-0.3, -0.25) is 4.68 Å². The van der Waals surface area contributed by atoms with Gasteiger partial charge >= 0.3 is 0 Å². The van der Waals surface area contributed by atoms with Crippen molar-refractivity contribution in [1.82, 2.24) is 9.78 Å². The average Bonchev–Trinajstić information content (AvgIpc) is 2.59. The SMILES string of the molecule is Cc1ccc(F)cc1C(O)Cc1c(Br)c(C)nn1C. The number of hydrogen-bond acceptors (Lipinski definition) is 2. The largest absolute Gasteiger partial charge is 0.388 e. The molecule has 0 aliphatic heterocycles. The highest BCUT2D eigenvalue weighted by Gasteiger charge is 2.18. The van der Waals surface area contributed by atoms with Crippen molar-refractivity contribution >= 4 is 15.9 Å². The van der Waals surface area contributed by atoms with Crippen molar-refractivity contribution in [2.75, 3.05) is 0 Å². The molecule has 1 aromatic carbocycles. The molecule has 0 saturated heterocycles. The van der Waals surface area contributed by atoms with Crippen LogP contribution < -0.4 is 0 Å². The normalized spacial score (nSPS) is 12.7. The first-order chi connectivity index (χ1) is 8.90. The molecule has 1 heterocycles. The molecule has 0 fully saturated rings. The van der Waals surface area contributed by atoms with Crippen LogP contribution in [-0.4, -0.2) is 14.9 Å². The molecule has 1 unspecified atom stereocenters. The third-order valence-electron chi connectivity index (χ3n) is 3.25. The van der Waals surface area contributed by atoms with Crippen molar-refractivity contribution in [3.63, 3.8) is 0 Å². The van der Waals surface area contributed by atoms with Crippen LogP contribution in [0.1, 0.15) is 28.6 Å². The van der Waals surface area contributed by atoms with Crippen molar-refractivity contribution in [2.24, 2.45) is 7.05 Å². The fourth-order valence-corrected chi connectivity index (χ4v) is 2.66. The summed E-state index contributed by atoms with van der Waals surface area (Å²) in [7, 11) is 1.83. The lowest BCUT2D eigenvalue weighted by atomic mass is 9.99. The molecular formula is C14H16BrFN2O. The van der Waals surface area contributed by atoms with E-state index in [9.17, 15) is 9.50 Å². The van der Waals surface area contributed by atoms with Gasteiger partial charge in [-0.05, 0) is 53.0 Å². The monoisotopic (exact) mass is 326 g/mol. The second-order valence-corrected chi connectivity index (χ2v) is 5.48. The van der Waals surface area contributed by atoms with Crippen molar-refractivity contribution in [3.05, 3.63) is 51.0 Å². The van der Waals surface area contributed by atoms with Gasteiger partial charge in [-0.25, -0.2) is 4.39 Å². The molecule has 2 aromatic rings. The summed E-state index contributed by atoms with van der Waals surface area (Å²) in [5, 5.41) is 14.6. The summed E-state index contributed by atoms with van der Waals surface area (Å²) in [6.07, 6.45) is -0.357. The Kier molecular flexibility index (Phi) is 4.06. The Morgan fingerprint density at radius 3 is 2.68 bits per heavy atom. The molecule has 0 radical (unpaired) electrons. The van der Waals surface area contributed by atoms with E-state index in [0.29, 0.717) is 12.0 Å². The average molecular weight is 327 g/mol. The molecule has 0 spiro atoms. The third kappa shape index (κ3) is 2.87. The van der Waals surface area contributed by atoms with E-state index in [0.717, 1.165) is 21.4 Å². The van der Waals surface area contributed by atoms with Gasteiger partial charge in [-0.1, -0.05) is 6.07 Å². The molecule has 3 nitrogen and oxygen atoms in total. The van der Waals surface area contributed by atoms with E-state index in [2.05, 4.69) is 21.0 Å². The quantitative estimate of drug-likeness (QED) is 0.940. The van der Waals surface area contributed by atoms with Gasteiger partial charge in [0, 0.05) is 13.5 Å². The summed E-state index contributed by atoms with van der Waals surface area (Å²) in [6, 6.07) is 4.46. The summed E-state index contributed by atoms with van der Waals surface area (Å²) in [5.74, 6) is -0.333. The van der Waals surface area contributed by atoms with E-state index < -0.39 is 6.10 Å². The van der Waals surface area contributed by atoms with Gasteiger partial charge in [0.15, 0.2) is 0 Å². The zero-order valence-electron chi connectivity index (χ0n) is 11.1. The lowest BCUT2D eigenvalue weighted by molar-refractivity contribution is 0.174. The fraction of sp³-hybridized carbons (Fsp3) is 0.357. The zero-order chi connectivity index (χ0) is 14.2. The molecule has 0 amide bonds. The maximum atomic E-state index is 13.3. The van der Waals surface area contributed by atoms with Gasteiger partial charge in [0.25, 0.3) is 0 Å². The van der Waals surface area contributed by atoms with Crippen LogP contribution in [-0.2, 0) is 13.5 Å². The van der Waals surface area contributed by atoms with Crippen LogP contribution in [0.2, 0.25) is 0 Å². The summed E-state index contributed by atoms with van der Waals surface area (Å²) in [5.41, 5.74) is 3.27. The van der Waals surface area contributed by atoms with E-state index >= 15 is 0 Å². The Morgan fingerprint density at radius 2 is 2.11 bits per heavy atom. The van der Waals surface area contributed by atoms with E-state index in [-0.39, 0.29) is 5.82 Å². The second-order valence-electron chi connectivity index (χ2n) is 4.69. The second kappa shape index (κ2) is 5.43. The first-order valence-corrected chi connectivity index (χ1v) is 6.81. The minimum absolute atomic E-state index is 0.333. The lowest BCUT2D eigenvalue weighted by Gasteiger charge is -2.14. The number of nitrogens with zero attached hydrogens (tertiary/aromatic N) is 2.